The van der Waals surface area contributed by atoms with Crippen LogP contribution in [0, 0.1) is 0 Å². The summed E-state index contributed by atoms with van der Waals surface area (Å²) in [6.45, 7) is 7.87. The zero-order valence-electron chi connectivity index (χ0n) is 16.5. The van der Waals surface area contributed by atoms with Gasteiger partial charge < -0.3 is 9.64 Å². The second-order valence-corrected chi connectivity index (χ2v) is 8.91. The fraction of sp³-hybridized carbons (Fsp3) is 0.421. The molecule has 1 amide bonds. The normalized spacial score (nSPS) is 16.2. The molecule has 2 rings (SSSR count). The summed E-state index contributed by atoms with van der Waals surface area (Å²) < 4.78 is 23.9. The van der Waals surface area contributed by atoms with Crippen LogP contribution in [0.4, 0.5) is 10.1 Å². The number of fused-ring (bicyclic) bond motifs is 1. The van der Waals surface area contributed by atoms with Gasteiger partial charge in [-0.2, -0.15) is 4.39 Å². The van der Waals surface area contributed by atoms with Crippen molar-refractivity contribution in [1.29, 1.82) is 0 Å². The number of nitrogens with one attached hydrogen (secondary N) is 1. The third-order valence-electron chi connectivity index (χ3n) is 4.21. The zero-order chi connectivity index (χ0) is 20.7. The Hall–Kier alpha value is -1.29. The summed E-state index contributed by atoms with van der Waals surface area (Å²) in [7, 11) is 2.05. The average Bonchev–Trinajstić information content (AvgIpc) is 2.83. The number of benzene rings is 1. The number of rotatable bonds is 8. The topological polar surface area (TPSA) is 44.8 Å². The van der Waals surface area contributed by atoms with Gasteiger partial charge in [-0.25, -0.2) is 4.31 Å². The van der Waals surface area contributed by atoms with E-state index in [-0.39, 0.29) is 0 Å². The Balaban J connectivity index is 2.38. The van der Waals surface area contributed by atoms with E-state index in [1.165, 1.54) is 11.8 Å². The number of anilines is 1. The van der Waals surface area contributed by atoms with E-state index in [0.29, 0.717) is 11.8 Å². The quantitative estimate of drug-likeness (QED) is 0.205. The molecule has 0 fully saturated rings. The monoisotopic (exact) mass is 443 g/mol. The second kappa shape index (κ2) is 11.0. The maximum Gasteiger partial charge on any atom is 0.293 e. The number of amides is 1. The van der Waals surface area contributed by atoms with Crippen LogP contribution in [0.5, 0.6) is 5.75 Å². The van der Waals surface area contributed by atoms with Gasteiger partial charge >= 0.3 is 0 Å². The van der Waals surface area contributed by atoms with Crippen LogP contribution >= 0.6 is 35.7 Å². The molecule has 0 radical (unpaired) electrons. The van der Waals surface area contributed by atoms with E-state index >= 15 is 0 Å². The third kappa shape index (κ3) is 5.85. The van der Waals surface area contributed by atoms with Crippen molar-refractivity contribution in [2.24, 2.45) is 0 Å². The number of ether oxygens (including phenoxy) is 1. The first-order chi connectivity index (χ1) is 13.4. The molecule has 28 heavy (non-hydrogen) atoms. The van der Waals surface area contributed by atoms with Crippen LogP contribution in [0.15, 0.2) is 46.7 Å². The minimum absolute atomic E-state index is 0.317. The molecule has 0 saturated heterocycles. The Morgan fingerprint density at radius 3 is 2.86 bits per heavy atom. The fourth-order valence-electron chi connectivity index (χ4n) is 2.80. The van der Waals surface area contributed by atoms with Crippen molar-refractivity contribution in [2.45, 2.75) is 29.2 Å². The predicted octanol–water partition coefficient (Wildman–Crippen LogP) is 4.72. The van der Waals surface area contributed by atoms with Crippen LogP contribution in [0.2, 0.25) is 0 Å². The van der Waals surface area contributed by atoms with Crippen molar-refractivity contribution >= 4 is 47.3 Å². The molecule has 0 aromatic heterocycles. The van der Waals surface area contributed by atoms with E-state index in [9.17, 15) is 9.18 Å². The first-order valence-corrected chi connectivity index (χ1v) is 12.0. The Bertz CT molecular complexity index is 745. The lowest BCUT2D eigenvalue weighted by atomic mass is 10.1. The van der Waals surface area contributed by atoms with Crippen molar-refractivity contribution in [1.82, 2.24) is 9.03 Å². The lowest BCUT2D eigenvalue weighted by molar-refractivity contribution is -0.117. The summed E-state index contributed by atoms with van der Waals surface area (Å²) in [5.41, 5.74) is 1.13. The molecule has 1 N–H and O–H groups in total. The van der Waals surface area contributed by atoms with E-state index in [1.807, 2.05) is 25.4 Å². The maximum atomic E-state index is 13.9. The summed E-state index contributed by atoms with van der Waals surface area (Å²) >= 11 is 4.19. The zero-order valence-corrected chi connectivity index (χ0v) is 19.0. The molecule has 1 atom stereocenters. The van der Waals surface area contributed by atoms with Crippen molar-refractivity contribution < 1.29 is 13.9 Å². The molecule has 9 heteroatoms. The summed E-state index contributed by atoms with van der Waals surface area (Å²) in [6, 6.07) is 4.31. The smallest absolute Gasteiger partial charge is 0.293 e. The molecule has 1 aliphatic rings. The molecule has 1 heterocycles. The predicted molar refractivity (Wildman–Crippen MR) is 120 cm³/mol. The van der Waals surface area contributed by atoms with Crippen LogP contribution in [0.3, 0.4) is 0 Å². The maximum absolute atomic E-state index is 13.9. The number of halogens is 1. The second-order valence-electron chi connectivity index (χ2n) is 6.20. The highest BCUT2D eigenvalue weighted by atomic mass is 32.2. The highest BCUT2D eigenvalue weighted by Crippen LogP contribution is 2.43. The molecule has 0 spiro atoms. The minimum Gasteiger partial charge on any atom is -0.461 e. The number of hydrogen-bond donors (Lipinski definition) is 1. The number of hydrogen-bond acceptors (Lipinski definition) is 7. The number of thioether (sulfide) groups is 1. The first-order valence-electron chi connectivity index (χ1n) is 8.75. The van der Waals surface area contributed by atoms with Crippen LogP contribution in [0.25, 0.3) is 0 Å². The highest BCUT2D eigenvalue weighted by molar-refractivity contribution is 7.98. The van der Waals surface area contributed by atoms with Gasteiger partial charge in [0.25, 0.3) is 5.91 Å². The molecular formula is C19H26FN3O2S3. The van der Waals surface area contributed by atoms with Crippen molar-refractivity contribution in [2.75, 3.05) is 37.5 Å². The van der Waals surface area contributed by atoms with Gasteiger partial charge in [-0.05, 0) is 50.7 Å². The molecule has 1 unspecified atom stereocenters. The van der Waals surface area contributed by atoms with Crippen LogP contribution < -0.4 is 14.4 Å². The molecule has 0 aliphatic carbocycles. The van der Waals surface area contributed by atoms with E-state index in [2.05, 4.69) is 33.5 Å². The molecule has 154 valence electrons. The molecule has 0 bridgehead atoms. The molecular weight excluding hydrogens is 417 g/mol. The van der Waals surface area contributed by atoms with Gasteiger partial charge in [-0.3, -0.25) is 9.52 Å². The number of carbonyl (C=O) groups is 1. The Morgan fingerprint density at radius 2 is 2.21 bits per heavy atom. The third-order valence-corrected chi connectivity index (χ3v) is 6.37. The fourth-order valence-corrected chi connectivity index (χ4v) is 4.56. The van der Waals surface area contributed by atoms with Gasteiger partial charge in [0.05, 0.1) is 15.5 Å². The van der Waals surface area contributed by atoms with Crippen molar-refractivity contribution in [3.8, 4) is 5.75 Å². The van der Waals surface area contributed by atoms with Gasteiger partial charge in [-0.15, -0.1) is 18.3 Å². The lowest BCUT2D eigenvalue weighted by Crippen LogP contribution is -2.36. The Morgan fingerprint density at radius 1 is 1.46 bits per heavy atom. The van der Waals surface area contributed by atoms with Crippen LogP contribution in [-0.2, 0) is 4.79 Å². The van der Waals surface area contributed by atoms with E-state index in [1.54, 1.807) is 18.2 Å². The standard InChI is InChI=1S/C19H26FN3O2S3/c1-6-7-13(2)23-9-8-22(3)28-17-11-16(18(26-4)10-15(17)23)25-12-14(20)19(24)21-27-5/h6,10-13H,1,7-9H2,2-5H3,(H,21,24)/b14-12-. The first kappa shape index (κ1) is 23.0. The van der Waals surface area contributed by atoms with E-state index in [4.69, 9.17) is 4.74 Å². The Kier molecular flexibility index (Phi) is 9.07. The van der Waals surface area contributed by atoms with Crippen molar-refractivity contribution in [3.05, 3.63) is 36.9 Å². The van der Waals surface area contributed by atoms with E-state index in [0.717, 1.165) is 53.2 Å². The van der Waals surface area contributed by atoms with Gasteiger partial charge in [0.2, 0.25) is 5.83 Å². The van der Waals surface area contributed by atoms with Gasteiger partial charge in [0.1, 0.15) is 12.0 Å². The lowest BCUT2D eigenvalue weighted by Gasteiger charge is -2.31. The largest absolute Gasteiger partial charge is 0.461 e. The van der Waals surface area contributed by atoms with E-state index < -0.39 is 11.7 Å². The number of nitrogens with zero attached hydrogens (tertiary/aromatic N) is 2. The van der Waals surface area contributed by atoms with Gasteiger partial charge in [0.15, 0.2) is 0 Å². The SMILES string of the molecule is C=CCC(C)N1CCN(C)Sc2cc(O/C=C(\F)C(=O)NSC)c(SC)cc21. The van der Waals surface area contributed by atoms with Crippen molar-refractivity contribution in [3.63, 3.8) is 0 Å². The van der Waals surface area contributed by atoms with Gasteiger partial charge in [0, 0.05) is 25.4 Å². The minimum atomic E-state index is -0.970. The Labute approximate surface area is 179 Å². The van der Waals surface area contributed by atoms with Crippen LogP contribution in [-0.4, -0.2) is 48.9 Å². The van der Waals surface area contributed by atoms with Crippen LogP contribution in [0.1, 0.15) is 13.3 Å². The molecule has 5 nitrogen and oxygen atoms in total. The summed E-state index contributed by atoms with van der Waals surface area (Å²) in [5, 5.41) is 0. The highest BCUT2D eigenvalue weighted by Gasteiger charge is 2.24. The molecule has 1 aromatic rings. The summed E-state index contributed by atoms with van der Waals surface area (Å²) in [4.78, 5) is 15.8. The summed E-state index contributed by atoms with van der Waals surface area (Å²) in [6.07, 6.45) is 7.28. The van der Waals surface area contributed by atoms with Gasteiger partial charge in [-0.1, -0.05) is 18.0 Å². The number of likely N-dealkylation sites (N-methyl/N-ethyl adjacent to an activating group) is 1. The molecule has 0 saturated carbocycles. The summed E-state index contributed by atoms with van der Waals surface area (Å²) in [5.74, 6) is -1.26. The average molecular weight is 444 g/mol. The molecule has 1 aromatic carbocycles. The number of carbonyl (C=O) groups excluding carboxylic acids is 1. The molecule has 1 aliphatic heterocycles.